The summed E-state index contributed by atoms with van der Waals surface area (Å²) in [6.45, 7) is 0.697. The van der Waals surface area contributed by atoms with Gasteiger partial charge >= 0.3 is 0 Å². The maximum absolute atomic E-state index is 9.58. The molecule has 0 amide bonds. The Kier molecular flexibility index (Phi) is 4.59. The number of rotatable bonds is 3. The number of aliphatic imine (C=N–C) groups is 1. The van der Waals surface area contributed by atoms with Crippen LogP contribution in [0.5, 0.6) is 0 Å². The summed E-state index contributed by atoms with van der Waals surface area (Å²) in [5, 5.41) is 12.6. The molecule has 4 N–H and O–H groups in total. The number of para-hydroxylation sites is 1. The minimum absolute atomic E-state index is 0.151. The van der Waals surface area contributed by atoms with E-state index in [1.54, 1.807) is 0 Å². The molecule has 0 spiro atoms. The molecule has 0 aliphatic heterocycles. The van der Waals surface area contributed by atoms with Gasteiger partial charge in [0.05, 0.1) is 6.10 Å². The maximum atomic E-state index is 9.58. The summed E-state index contributed by atoms with van der Waals surface area (Å²) in [5.74, 6) is 0.908. The van der Waals surface area contributed by atoms with E-state index in [1.165, 1.54) is 0 Å². The third-order valence-corrected chi connectivity index (χ3v) is 3.32. The first kappa shape index (κ1) is 12.9. The topological polar surface area (TPSA) is 70.6 Å². The number of hydrogen-bond donors (Lipinski definition) is 3. The number of hydrogen-bond acceptors (Lipinski definition) is 2. The van der Waals surface area contributed by atoms with Gasteiger partial charge in [0.25, 0.3) is 0 Å². The van der Waals surface area contributed by atoms with Crippen molar-refractivity contribution in [3.05, 3.63) is 30.3 Å². The standard InChI is InChI=1S/C14H21N3O/c15-14(17-12-6-2-1-3-7-12)16-10-11-5-4-8-13(18)9-11/h1-3,6-7,11,13,18H,4-5,8-10H2,(H3,15,16,17). The second-order valence-corrected chi connectivity index (χ2v) is 4.90. The number of guanidine groups is 1. The largest absolute Gasteiger partial charge is 0.393 e. The van der Waals surface area contributed by atoms with Gasteiger partial charge in [-0.3, -0.25) is 4.99 Å². The van der Waals surface area contributed by atoms with E-state index in [0.717, 1.165) is 31.4 Å². The molecule has 98 valence electrons. The van der Waals surface area contributed by atoms with Gasteiger partial charge in [0.15, 0.2) is 5.96 Å². The van der Waals surface area contributed by atoms with Crippen molar-refractivity contribution in [2.24, 2.45) is 16.6 Å². The van der Waals surface area contributed by atoms with Crippen molar-refractivity contribution in [2.45, 2.75) is 31.8 Å². The van der Waals surface area contributed by atoms with Crippen molar-refractivity contribution in [3.8, 4) is 0 Å². The second kappa shape index (κ2) is 6.40. The molecule has 4 heteroatoms. The van der Waals surface area contributed by atoms with E-state index in [1.807, 2.05) is 30.3 Å². The molecule has 2 unspecified atom stereocenters. The molecule has 18 heavy (non-hydrogen) atoms. The van der Waals surface area contributed by atoms with Crippen molar-refractivity contribution in [1.29, 1.82) is 0 Å². The molecule has 4 nitrogen and oxygen atoms in total. The number of aliphatic hydroxyl groups excluding tert-OH is 1. The van der Waals surface area contributed by atoms with Gasteiger partial charge in [-0.1, -0.05) is 24.6 Å². The van der Waals surface area contributed by atoms with Crippen LogP contribution in [0.2, 0.25) is 0 Å². The fraction of sp³-hybridized carbons (Fsp3) is 0.500. The van der Waals surface area contributed by atoms with Crippen molar-refractivity contribution in [2.75, 3.05) is 11.9 Å². The van der Waals surface area contributed by atoms with Crippen LogP contribution in [0.15, 0.2) is 35.3 Å². The molecule has 1 aliphatic carbocycles. The number of nitrogens with two attached hydrogens (primary N) is 1. The molecule has 2 rings (SSSR count). The Bertz CT molecular complexity index is 391. The van der Waals surface area contributed by atoms with Gasteiger partial charge in [0.1, 0.15) is 0 Å². The van der Waals surface area contributed by atoms with Gasteiger partial charge in [0, 0.05) is 12.2 Å². The molecule has 1 aliphatic rings. The van der Waals surface area contributed by atoms with Crippen LogP contribution < -0.4 is 11.1 Å². The number of nitrogens with one attached hydrogen (secondary N) is 1. The van der Waals surface area contributed by atoms with E-state index in [2.05, 4.69) is 10.3 Å². The first-order valence-corrected chi connectivity index (χ1v) is 6.54. The van der Waals surface area contributed by atoms with Gasteiger partial charge in [-0.2, -0.15) is 0 Å². The van der Waals surface area contributed by atoms with E-state index in [4.69, 9.17) is 5.73 Å². The Morgan fingerprint density at radius 1 is 1.33 bits per heavy atom. The van der Waals surface area contributed by atoms with E-state index < -0.39 is 0 Å². The molecule has 1 saturated carbocycles. The Morgan fingerprint density at radius 3 is 2.83 bits per heavy atom. The first-order chi connectivity index (χ1) is 8.74. The molecule has 0 heterocycles. The summed E-state index contributed by atoms with van der Waals surface area (Å²) in [6, 6.07) is 9.77. The number of aliphatic hydroxyl groups is 1. The van der Waals surface area contributed by atoms with Crippen LogP contribution in [0, 0.1) is 5.92 Å². The summed E-state index contributed by atoms with van der Waals surface area (Å²) in [4.78, 5) is 4.35. The van der Waals surface area contributed by atoms with Crippen molar-refractivity contribution >= 4 is 11.6 Å². The summed E-state index contributed by atoms with van der Waals surface area (Å²) in [7, 11) is 0. The minimum Gasteiger partial charge on any atom is -0.393 e. The SMILES string of the molecule is NC(=NCC1CCCC(O)C1)Nc1ccccc1. The zero-order chi connectivity index (χ0) is 12.8. The highest BCUT2D eigenvalue weighted by Gasteiger charge is 2.19. The lowest BCUT2D eigenvalue weighted by atomic mass is 9.87. The van der Waals surface area contributed by atoms with E-state index in [-0.39, 0.29) is 6.10 Å². The Hall–Kier alpha value is -1.55. The predicted octanol–water partition coefficient (Wildman–Crippen LogP) is 1.96. The highest BCUT2D eigenvalue weighted by molar-refractivity contribution is 5.92. The van der Waals surface area contributed by atoms with Gasteiger partial charge in [-0.05, 0) is 37.3 Å². The van der Waals surface area contributed by atoms with E-state index >= 15 is 0 Å². The van der Waals surface area contributed by atoms with Gasteiger partial charge in [-0.15, -0.1) is 0 Å². The zero-order valence-corrected chi connectivity index (χ0v) is 10.5. The molecule has 0 radical (unpaired) electrons. The molecule has 1 aromatic carbocycles. The van der Waals surface area contributed by atoms with Crippen LogP contribution in [0.3, 0.4) is 0 Å². The Labute approximate surface area is 108 Å². The van der Waals surface area contributed by atoms with Gasteiger partial charge in [-0.25, -0.2) is 0 Å². The molecular weight excluding hydrogens is 226 g/mol. The lowest BCUT2D eigenvalue weighted by molar-refractivity contribution is 0.103. The summed E-state index contributed by atoms with van der Waals surface area (Å²) < 4.78 is 0. The average molecular weight is 247 g/mol. The lowest BCUT2D eigenvalue weighted by Crippen LogP contribution is -2.26. The van der Waals surface area contributed by atoms with Gasteiger partial charge < -0.3 is 16.2 Å². The summed E-state index contributed by atoms with van der Waals surface area (Å²) in [6.07, 6.45) is 3.86. The lowest BCUT2D eigenvalue weighted by Gasteiger charge is -2.24. The van der Waals surface area contributed by atoms with E-state index in [0.29, 0.717) is 18.4 Å². The van der Waals surface area contributed by atoms with Crippen molar-refractivity contribution in [1.82, 2.24) is 0 Å². The Balaban J connectivity index is 1.81. The van der Waals surface area contributed by atoms with Crippen LogP contribution in [-0.4, -0.2) is 23.7 Å². The number of anilines is 1. The number of nitrogens with zero attached hydrogens (tertiary/aromatic N) is 1. The number of benzene rings is 1. The van der Waals surface area contributed by atoms with Gasteiger partial charge in [0.2, 0.25) is 0 Å². The van der Waals surface area contributed by atoms with E-state index in [9.17, 15) is 5.11 Å². The monoisotopic (exact) mass is 247 g/mol. The molecule has 1 aromatic rings. The molecular formula is C14H21N3O. The molecule has 0 saturated heterocycles. The predicted molar refractivity (Wildman–Crippen MR) is 74.5 cm³/mol. The van der Waals surface area contributed by atoms with Crippen LogP contribution in [-0.2, 0) is 0 Å². The minimum atomic E-state index is -0.151. The smallest absolute Gasteiger partial charge is 0.193 e. The summed E-state index contributed by atoms with van der Waals surface area (Å²) >= 11 is 0. The van der Waals surface area contributed by atoms with Crippen molar-refractivity contribution in [3.63, 3.8) is 0 Å². The molecule has 1 fully saturated rings. The quantitative estimate of drug-likeness (QED) is 0.565. The highest BCUT2D eigenvalue weighted by atomic mass is 16.3. The zero-order valence-electron chi connectivity index (χ0n) is 10.5. The van der Waals surface area contributed by atoms with Crippen LogP contribution in [0.1, 0.15) is 25.7 Å². The fourth-order valence-electron chi connectivity index (χ4n) is 2.36. The van der Waals surface area contributed by atoms with Crippen LogP contribution in [0.25, 0.3) is 0 Å². The molecule has 2 atom stereocenters. The maximum Gasteiger partial charge on any atom is 0.193 e. The Morgan fingerprint density at radius 2 is 2.11 bits per heavy atom. The van der Waals surface area contributed by atoms with Crippen LogP contribution in [0.4, 0.5) is 5.69 Å². The normalized spacial score (nSPS) is 24.8. The highest BCUT2D eigenvalue weighted by Crippen LogP contribution is 2.24. The molecule has 0 aromatic heterocycles. The van der Waals surface area contributed by atoms with Crippen LogP contribution >= 0.6 is 0 Å². The first-order valence-electron chi connectivity index (χ1n) is 6.54. The summed E-state index contributed by atoms with van der Waals surface area (Å²) in [5.41, 5.74) is 6.78. The fourth-order valence-corrected chi connectivity index (χ4v) is 2.36. The third-order valence-electron chi connectivity index (χ3n) is 3.32. The molecule has 0 bridgehead atoms. The van der Waals surface area contributed by atoms with Crippen molar-refractivity contribution < 1.29 is 5.11 Å². The second-order valence-electron chi connectivity index (χ2n) is 4.90. The third kappa shape index (κ3) is 4.04. The average Bonchev–Trinajstić information content (AvgIpc) is 2.38.